The minimum atomic E-state index is -0.720. The number of nitrogens with zero attached hydrogens (tertiary/aromatic N) is 1. The highest BCUT2D eigenvalue weighted by Gasteiger charge is 2.26. The number of ketones is 1. The molecule has 1 aliphatic rings. The van der Waals surface area contributed by atoms with Gasteiger partial charge in [0.25, 0.3) is 0 Å². The van der Waals surface area contributed by atoms with Crippen LogP contribution < -0.4 is 10.6 Å². The van der Waals surface area contributed by atoms with Crippen molar-refractivity contribution in [2.45, 2.75) is 90.9 Å². The maximum Gasteiger partial charge on any atom is 0.414 e. The number of aliphatic imine (C=N–C) groups is 1. The summed E-state index contributed by atoms with van der Waals surface area (Å²) in [6.07, 6.45) is 7.48. The number of hydrogen-bond donors (Lipinski definition) is 2. The van der Waals surface area contributed by atoms with Gasteiger partial charge in [0.2, 0.25) is 5.96 Å². The fourth-order valence-corrected chi connectivity index (χ4v) is 3.69. The summed E-state index contributed by atoms with van der Waals surface area (Å²) in [5.41, 5.74) is 0.00459. The normalized spacial score (nSPS) is 18.0. The molecule has 8 nitrogen and oxygen atoms in total. The van der Waals surface area contributed by atoms with Crippen molar-refractivity contribution in [1.29, 1.82) is 0 Å². The average Bonchev–Trinajstić information content (AvgIpc) is 2.72. The quantitative estimate of drug-likeness (QED) is 0.265. The maximum atomic E-state index is 12.6. The molecule has 1 saturated carbocycles. The molecule has 0 saturated heterocycles. The minimum absolute atomic E-state index is 0.0124. The second-order valence-corrected chi connectivity index (χ2v) is 10.8. The fourth-order valence-electron chi connectivity index (χ4n) is 3.69. The molecule has 0 atom stereocenters. The van der Waals surface area contributed by atoms with Crippen LogP contribution in [-0.4, -0.2) is 41.2 Å². The van der Waals surface area contributed by atoms with Crippen molar-refractivity contribution < 1.29 is 23.9 Å². The zero-order valence-corrected chi connectivity index (χ0v) is 21.6. The van der Waals surface area contributed by atoms with Gasteiger partial charge in [-0.05, 0) is 85.3 Å². The predicted molar refractivity (Wildman–Crippen MR) is 135 cm³/mol. The molecule has 0 aliphatic heterocycles. The van der Waals surface area contributed by atoms with Crippen molar-refractivity contribution in [3.05, 3.63) is 35.4 Å². The highest BCUT2D eigenvalue weighted by molar-refractivity contribution is 6.01. The lowest BCUT2D eigenvalue weighted by Crippen LogP contribution is -2.47. The van der Waals surface area contributed by atoms with Crippen molar-refractivity contribution in [3.8, 4) is 12.3 Å². The topological polar surface area (TPSA) is 106 Å². The van der Waals surface area contributed by atoms with E-state index in [0.717, 1.165) is 31.2 Å². The fraction of sp³-hybridized carbons (Fsp3) is 0.556. The third-order valence-electron chi connectivity index (χ3n) is 5.21. The molecular weight excluding hydrogens is 446 g/mol. The zero-order valence-electron chi connectivity index (χ0n) is 21.6. The van der Waals surface area contributed by atoms with Gasteiger partial charge in [0.15, 0.2) is 5.78 Å². The number of terminal acetylenes is 1. The Morgan fingerprint density at radius 3 is 1.83 bits per heavy atom. The number of guanidine groups is 1. The Labute approximate surface area is 208 Å². The van der Waals surface area contributed by atoms with E-state index >= 15 is 0 Å². The first-order valence-electron chi connectivity index (χ1n) is 11.9. The first-order chi connectivity index (χ1) is 16.2. The van der Waals surface area contributed by atoms with Crippen LogP contribution in [0.15, 0.2) is 29.3 Å². The Hall–Kier alpha value is -3.34. The number of ether oxygens (including phenoxy) is 2. The van der Waals surface area contributed by atoms with E-state index in [9.17, 15) is 14.4 Å². The summed E-state index contributed by atoms with van der Waals surface area (Å²) in [4.78, 5) is 41.7. The van der Waals surface area contributed by atoms with Crippen LogP contribution in [0, 0.1) is 18.3 Å². The van der Waals surface area contributed by atoms with Crippen LogP contribution in [0.25, 0.3) is 0 Å². The van der Waals surface area contributed by atoms with Gasteiger partial charge in [0.1, 0.15) is 11.2 Å². The molecule has 0 spiro atoms. The van der Waals surface area contributed by atoms with Crippen molar-refractivity contribution >= 4 is 23.9 Å². The molecule has 0 unspecified atom stereocenters. The van der Waals surface area contributed by atoms with Gasteiger partial charge in [-0.1, -0.05) is 18.1 Å². The lowest BCUT2D eigenvalue weighted by atomic mass is 9.82. The van der Waals surface area contributed by atoms with Gasteiger partial charge in [-0.3, -0.25) is 15.4 Å². The summed E-state index contributed by atoms with van der Waals surface area (Å²) < 4.78 is 10.6. The van der Waals surface area contributed by atoms with Gasteiger partial charge in [0, 0.05) is 17.5 Å². The van der Waals surface area contributed by atoms with E-state index in [-0.39, 0.29) is 23.7 Å². The van der Waals surface area contributed by atoms with E-state index in [4.69, 9.17) is 15.9 Å². The van der Waals surface area contributed by atoms with E-state index in [0.29, 0.717) is 12.0 Å². The van der Waals surface area contributed by atoms with E-state index in [1.54, 1.807) is 65.8 Å². The number of alkyl carbamates (subject to hydrolysis) is 2. The third-order valence-corrected chi connectivity index (χ3v) is 5.21. The average molecular weight is 484 g/mol. The zero-order chi connectivity index (χ0) is 26.2. The van der Waals surface area contributed by atoms with Gasteiger partial charge in [0.05, 0.1) is 6.04 Å². The van der Waals surface area contributed by atoms with Gasteiger partial charge < -0.3 is 9.47 Å². The molecule has 1 fully saturated rings. The summed E-state index contributed by atoms with van der Waals surface area (Å²) in [5.74, 6) is 2.88. The van der Waals surface area contributed by atoms with E-state index in [1.165, 1.54) is 0 Å². The summed E-state index contributed by atoms with van der Waals surface area (Å²) in [5, 5.41) is 5.04. The van der Waals surface area contributed by atoms with Crippen LogP contribution in [0.3, 0.4) is 0 Å². The number of amides is 2. The van der Waals surface area contributed by atoms with Crippen LogP contribution in [0.2, 0.25) is 0 Å². The Bertz CT molecular complexity index is 938. The van der Waals surface area contributed by atoms with Crippen LogP contribution in [0.5, 0.6) is 0 Å². The van der Waals surface area contributed by atoms with Gasteiger partial charge in [-0.15, -0.1) is 6.42 Å². The largest absolute Gasteiger partial charge is 0.444 e. The molecule has 2 N–H and O–H groups in total. The van der Waals surface area contributed by atoms with E-state index in [1.807, 2.05) is 0 Å². The molecule has 2 amide bonds. The summed E-state index contributed by atoms with van der Waals surface area (Å²) in [7, 11) is 0. The van der Waals surface area contributed by atoms with Crippen LogP contribution in [0.1, 0.15) is 89.6 Å². The second-order valence-electron chi connectivity index (χ2n) is 10.8. The molecule has 1 aromatic carbocycles. The summed E-state index contributed by atoms with van der Waals surface area (Å²) in [6.45, 7) is 10.5. The predicted octanol–water partition coefficient (Wildman–Crippen LogP) is 5.20. The van der Waals surface area contributed by atoms with Crippen molar-refractivity contribution in [2.75, 3.05) is 0 Å². The van der Waals surface area contributed by atoms with Crippen LogP contribution >= 0.6 is 0 Å². The number of rotatable bonds is 4. The number of Topliss-reactive ketones (excluding diaryl/α,β-unsaturated/α-hetero) is 1. The molecule has 35 heavy (non-hydrogen) atoms. The standard InChI is InChI=1S/C27H37N3O5/c1-8-18-9-13-20(14-10-18)22(31)17-19-11-15-21(16-12-19)28-23(29-24(32)34-26(2,3)4)30-25(33)35-27(5,6)7/h1,9-10,13-14,19,21H,11-12,15-17H2,2-7H3,(H2,28,29,30,32,33). The first kappa shape index (κ1) is 27.9. The molecule has 8 heteroatoms. The molecule has 0 heterocycles. The first-order valence-corrected chi connectivity index (χ1v) is 11.9. The summed E-state index contributed by atoms with van der Waals surface area (Å²) >= 11 is 0. The lowest BCUT2D eigenvalue weighted by molar-refractivity contribution is 0.0544. The number of nitrogens with one attached hydrogen (secondary N) is 2. The highest BCUT2D eigenvalue weighted by atomic mass is 16.6. The van der Waals surface area contributed by atoms with Crippen LogP contribution in [-0.2, 0) is 9.47 Å². The number of carbonyl (C=O) groups is 3. The Balaban J connectivity index is 1.99. The van der Waals surface area contributed by atoms with Gasteiger partial charge >= 0.3 is 12.2 Å². The summed E-state index contributed by atoms with van der Waals surface area (Å²) in [6, 6.07) is 6.97. The smallest absolute Gasteiger partial charge is 0.414 e. The van der Waals surface area contributed by atoms with Crippen molar-refractivity contribution in [3.63, 3.8) is 0 Å². The molecule has 0 aromatic heterocycles. The van der Waals surface area contributed by atoms with E-state index in [2.05, 4.69) is 21.5 Å². The number of carbonyl (C=O) groups excluding carboxylic acids is 3. The SMILES string of the molecule is C#Cc1ccc(C(=O)CC2CCC(N=C(NC(=O)OC(C)(C)C)NC(=O)OC(C)(C)C)CC2)cc1. The van der Waals surface area contributed by atoms with Crippen molar-refractivity contribution in [1.82, 2.24) is 10.6 Å². The lowest BCUT2D eigenvalue weighted by Gasteiger charge is -2.27. The van der Waals surface area contributed by atoms with Gasteiger partial charge in [-0.2, -0.15) is 0 Å². The highest BCUT2D eigenvalue weighted by Crippen LogP contribution is 2.29. The Morgan fingerprint density at radius 2 is 1.40 bits per heavy atom. The van der Waals surface area contributed by atoms with Gasteiger partial charge in [-0.25, -0.2) is 14.6 Å². The third kappa shape index (κ3) is 10.6. The number of hydrogen-bond acceptors (Lipinski definition) is 6. The minimum Gasteiger partial charge on any atom is -0.444 e. The maximum absolute atomic E-state index is 12.6. The van der Waals surface area contributed by atoms with E-state index < -0.39 is 23.4 Å². The molecule has 0 radical (unpaired) electrons. The van der Waals surface area contributed by atoms with Crippen molar-refractivity contribution in [2.24, 2.45) is 10.9 Å². The van der Waals surface area contributed by atoms with Crippen LogP contribution in [0.4, 0.5) is 9.59 Å². The Kier molecular flexibility index (Phi) is 9.47. The molecule has 190 valence electrons. The molecule has 1 aliphatic carbocycles. The Morgan fingerprint density at radius 1 is 0.914 bits per heavy atom. The second kappa shape index (κ2) is 11.9. The monoisotopic (exact) mass is 483 g/mol. The number of benzene rings is 1. The molecule has 1 aromatic rings. The molecular formula is C27H37N3O5. The molecule has 0 bridgehead atoms. The molecule has 2 rings (SSSR count).